The first-order valence-corrected chi connectivity index (χ1v) is 8.83. The lowest BCUT2D eigenvalue weighted by atomic mass is 9.82. The molecule has 0 aromatic carbocycles. The van der Waals surface area contributed by atoms with Crippen LogP contribution in [-0.4, -0.2) is 36.5 Å². The van der Waals surface area contributed by atoms with E-state index in [1.54, 1.807) is 41.5 Å². The minimum atomic E-state index is -1.02. The molecule has 26 heavy (non-hydrogen) atoms. The van der Waals surface area contributed by atoms with E-state index >= 15 is 0 Å². The zero-order chi connectivity index (χ0) is 20.5. The van der Waals surface area contributed by atoms with Crippen molar-refractivity contribution in [2.75, 3.05) is 6.61 Å². The van der Waals surface area contributed by atoms with Gasteiger partial charge in [-0.2, -0.15) is 0 Å². The van der Waals surface area contributed by atoms with Gasteiger partial charge in [0.1, 0.15) is 18.5 Å². The quantitative estimate of drug-likeness (QED) is 0.710. The molecule has 148 valence electrons. The van der Waals surface area contributed by atoms with Crippen molar-refractivity contribution in [2.45, 2.75) is 74.5 Å². The Bertz CT molecular complexity index is 595. The number of carbonyl (C=O) groups is 3. The second kappa shape index (κ2) is 7.41. The van der Waals surface area contributed by atoms with E-state index in [2.05, 4.69) is 0 Å². The number of rotatable bonds is 3. The van der Waals surface area contributed by atoms with Crippen LogP contribution in [0.4, 0.5) is 0 Å². The summed E-state index contributed by atoms with van der Waals surface area (Å²) >= 11 is 0. The zero-order valence-electron chi connectivity index (χ0n) is 17.4. The molecule has 0 saturated carbocycles. The molecule has 0 spiro atoms. The van der Waals surface area contributed by atoms with Crippen LogP contribution in [0, 0.1) is 16.2 Å². The molecule has 0 unspecified atom stereocenters. The van der Waals surface area contributed by atoms with Crippen molar-refractivity contribution in [3.05, 3.63) is 11.8 Å². The maximum absolute atomic E-state index is 12.6. The predicted molar refractivity (Wildman–Crippen MR) is 97.2 cm³/mol. The zero-order valence-corrected chi connectivity index (χ0v) is 17.4. The largest absolute Gasteiger partial charge is 0.486 e. The van der Waals surface area contributed by atoms with Crippen LogP contribution in [0.25, 0.3) is 0 Å². The van der Waals surface area contributed by atoms with E-state index in [1.165, 1.54) is 6.08 Å². The van der Waals surface area contributed by atoms with Crippen molar-refractivity contribution in [3.63, 3.8) is 0 Å². The van der Waals surface area contributed by atoms with Gasteiger partial charge in [-0.3, -0.25) is 14.4 Å². The molecule has 0 aliphatic carbocycles. The van der Waals surface area contributed by atoms with E-state index in [9.17, 15) is 14.4 Å². The Labute approximate surface area is 156 Å². The smallest absolute Gasteiger partial charge is 0.312 e. The number of hydrogen-bond acceptors (Lipinski definition) is 6. The van der Waals surface area contributed by atoms with Crippen molar-refractivity contribution in [3.8, 4) is 0 Å². The van der Waals surface area contributed by atoms with Crippen LogP contribution in [0.5, 0.6) is 0 Å². The molecule has 2 atom stereocenters. The third-order valence-corrected chi connectivity index (χ3v) is 3.79. The van der Waals surface area contributed by atoms with Crippen LogP contribution < -0.4 is 0 Å². The lowest BCUT2D eigenvalue weighted by Crippen LogP contribution is -2.50. The van der Waals surface area contributed by atoms with Gasteiger partial charge in [0.25, 0.3) is 0 Å². The first-order chi connectivity index (χ1) is 11.5. The van der Waals surface area contributed by atoms with Crippen molar-refractivity contribution in [2.24, 2.45) is 16.2 Å². The van der Waals surface area contributed by atoms with Crippen LogP contribution in [-0.2, 0) is 28.6 Å². The van der Waals surface area contributed by atoms with Gasteiger partial charge in [0.05, 0.1) is 10.8 Å². The van der Waals surface area contributed by atoms with Crippen molar-refractivity contribution >= 4 is 17.7 Å². The first-order valence-electron chi connectivity index (χ1n) is 8.83. The highest BCUT2D eigenvalue weighted by Crippen LogP contribution is 2.33. The van der Waals surface area contributed by atoms with Gasteiger partial charge in [-0.15, -0.1) is 0 Å². The van der Waals surface area contributed by atoms with Crippen LogP contribution in [0.3, 0.4) is 0 Å². The molecular weight excluding hydrogens is 336 g/mol. The van der Waals surface area contributed by atoms with Crippen molar-refractivity contribution in [1.29, 1.82) is 0 Å². The molecule has 1 heterocycles. The van der Waals surface area contributed by atoms with Gasteiger partial charge < -0.3 is 14.2 Å². The van der Waals surface area contributed by atoms with E-state index in [1.807, 2.05) is 20.8 Å². The lowest BCUT2D eigenvalue weighted by molar-refractivity contribution is -0.177. The molecule has 6 nitrogen and oxygen atoms in total. The second-order valence-corrected chi connectivity index (χ2v) is 9.82. The summed E-state index contributed by atoms with van der Waals surface area (Å²) in [6.07, 6.45) is -0.447. The van der Waals surface area contributed by atoms with Crippen molar-refractivity contribution in [1.82, 2.24) is 0 Å². The Hall–Kier alpha value is -1.85. The molecule has 0 bridgehead atoms. The van der Waals surface area contributed by atoms with E-state index in [0.29, 0.717) is 0 Å². The van der Waals surface area contributed by atoms with E-state index in [-0.39, 0.29) is 24.1 Å². The number of carbonyl (C=O) groups excluding carboxylic acids is 3. The van der Waals surface area contributed by atoms with Crippen LogP contribution >= 0.6 is 0 Å². The Balaban J connectivity index is 2.99. The summed E-state index contributed by atoms with van der Waals surface area (Å²) in [5.41, 5.74) is -1.84. The molecule has 0 aromatic heterocycles. The minimum Gasteiger partial charge on any atom is -0.486 e. The molecule has 0 saturated heterocycles. The molecule has 0 amide bonds. The van der Waals surface area contributed by atoms with Gasteiger partial charge in [-0.25, -0.2) is 0 Å². The van der Waals surface area contributed by atoms with Gasteiger partial charge in [0.2, 0.25) is 11.9 Å². The molecule has 0 fully saturated rings. The minimum absolute atomic E-state index is 0.131. The average Bonchev–Trinajstić information content (AvgIpc) is 2.43. The highest BCUT2D eigenvalue weighted by molar-refractivity contribution is 5.97. The molecule has 1 aliphatic rings. The standard InChI is InChI=1S/C20H32O6/c1-18(2,3)15-14(26-17(23)20(7,8)9)13(21)10-12(25-15)11-24-16(22)19(4,5)6/h10,14-15H,11H2,1-9H3/t14-,15+/m0/s1. The molecule has 1 aliphatic heterocycles. The number of hydrogen-bond donors (Lipinski definition) is 0. The Morgan fingerprint density at radius 3 is 1.88 bits per heavy atom. The van der Waals surface area contributed by atoms with Crippen LogP contribution in [0.2, 0.25) is 0 Å². The average molecular weight is 368 g/mol. The van der Waals surface area contributed by atoms with E-state index < -0.39 is 34.4 Å². The van der Waals surface area contributed by atoms with Gasteiger partial charge in [0, 0.05) is 11.5 Å². The molecule has 0 N–H and O–H groups in total. The predicted octanol–water partition coefficient (Wildman–Crippen LogP) is 3.43. The summed E-state index contributed by atoms with van der Waals surface area (Å²) in [5.74, 6) is -0.959. The second-order valence-electron chi connectivity index (χ2n) is 9.82. The number of esters is 2. The van der Waals surface area contributed by atoms with Gasteiger partial charge in [0.15, 0.2) is 0 Å². The van der Waals surface area contributed by atoms with E-state index in [0.717, 1.165) is 0 Å². The topological polar surface area (TPSA) is 78.9 Å². The fraction of sp³-hybridized carbons (Fsp3) is 0.750. The van der Waals surface area contributed by atoms with E-state index in [4.69, 9.17) is 14.2 Å². The molecule has 1 rings (SSSR count). The first kappa shape index (κ1) is 22.2. The highest BCUT2D eigenvalue weighted by atomic mass is 16.6. The van der Waals surface area contributed by atoms with Gasteiger partial charge in [-0.1, -0.05) is 20.8 Å². The maximum Gasteiger partial charge on any atom is 0.312 e. The normalized spacial score (nSPS) is 21.6. The maximum atomic E-state index is 12.6. The third kappa shape index (κ3) is 5.85. The fourth-order valence-electron chi connectivity index (χ4n) is 2.12. The Morgan fingerprint density at radius 1 is 0.962 bits per heavy atom. The Morgan fingerprint density at radius 2 is 1.46 bits per heavy atom. The van der Waals surface area contributed by atoms with Crippen molar-refractivity contribution < 1.29 is 28.6 Å². The summed E-state index contributed by atoms with van der Waals surface area (Å²) < 4.78 is 16.6. The Kier molecular flexibility index (Phi) is 6.32. The molecule has 6 heteroatoms. The summed E-state index contributed by atoms with van der Waals surface area (Å²) in [4.78, 5) is 36.8. The third-order valence-electron chi connectivity index (χ3n) is 3.79. The summed E-state index contributed by atoms with van der Waals surface area (Å²) in [6, 6.07) is 0. The SMILES string of the molecule is CC(C)(C)C(=O)OCC1=CC(=O)[C@H](OC(=O)C(C)(C)C)[C@H](C(C)(C)C)O1. The fourth-order valence-corrected chi connectivity index (χ4v) is 2.12. The van der Waals surface area contributed by atoms with Crippen LogP contribution in [0.15, 0.2) is 11.8 Å². The summed E-state index contributed by atoms with van der Waals surface area (Å²) in [5, 5.41) is 0. The van der Waals surface area contributed by atoms with Gasteiger partial charge >= 0.3 is 11.9 Å². The molecule has 0 aromatic rings. The monoisotopic (exact) mass is 368 g/mol. The highest BCUT2D eigenvalue weighted by Gasteiger charge is 2.45. The van der Waals surface area contributed by atoms with Gasteiger partial charge in [-0.05, 0) is 41.5 Å². The van der Waals surface area contributed by atoms with Crippen LogP contribution in [0.1, 0.15) is 62.3 Å². The number of ether oxygens (including phenoxy) is 3. The summed E-state index contributed by atoms with van der Waals surface area (Å²) in [7, 11) is 0. The lowest BCUT2D eigenvalue weighted by Gasteiger charge is -2.39. The molecular formula is C20H32O6. The number of ketones is 1. The molecule has 0 radical (unpaired) electrons. The summed E-state index contributed by atoms with van der Waals surface area (Å²) in [6.45, 7) is 16.0.